The summed E-state index contributed by atoms with van der Waals surface area (Å²) in [6.07, 6.45) is 5.11. The van der Waals surface area contributed by atoms with E-state index in [1.54, 1.807) is 7.05 Å². The lowest BCUT2D eigenvalue weighted by atomic mass is 10.0. The fourth-order valence-electron chi connectivity index (χ4n) is 4.05. The average molecular weight is 578 g/mol. The molecule has 1 saturated heterocycles. The van der Waals surface area contributed by atoms with Crippen LogP contribution in [0.5, 0.6) is 0 Å². The predicted octanol–water partition coefficient (Wildman–Crippen LogP) is 4.20. The molecule has 0 saturated carbocycles. The molecule has 4 rings (SSSR count). The van der Waals surface area contributed by atoms with Crippen LogP contribution in [-0.2, 0) is 22.6 Å². The fraction of sp³-hybridized carbons (Fsp3) is 0.462. The summed E-state index contributed by atoms with van der Waals surface area (Å²) in [6.45, 7) is 5.76. The van der Waals surface area contributed by atoms with Crippen molar-refractivity contribution in [2.75, 3.05) is 40.0 Å². The van der Waals surface area contributed by atoms with Crippen LogP contribution in [0.2, 0.25) is 0 Å². The Hall–Kier alpha value is -2.17. The van der Waals surface area contributed by atoms with E-state index in [2.05, 4.69) is 61.6 Å². The maximum atomic E-state index is 5.83. The van der Waals surface area contributed by atoms with Gasteiger partial charge >= 0.3 is 0 Å². The van der Waals surface area contributed by atoms with Crippen molar-refractivity contribution in [3.63, 3.8) is 0 Å². The molecule has 1 aromatic heterocycles. The largest absolute Gasteiger partial charge is 0.381 e. The second kappa shape index (κ2) is 14.3. The van der Waals surface area contributed by atoms with Gasteiger partial charge in [0.15, 0.2) is 5.96 Å². The number of fused-ring (bicyclic) bond motifs is 1. The first-order valence-corrected chi connectivity index (χ1v) is 11.9. The SMILES string of the molecule is CN=C(NCCCOCC1CCOCC1)NCc1ccc(Cn2cnc3ccccc32)cc1.I. The number of para-hydroxylation sites is 2. The van der Waals surface area contributed by atoms with Gasteiger partial charge < -0.3 is 24.7 Å². The number of hydrogen-bond acceptors (Lipinski definition) is 4. The van der Waals surface area contributed by atoms with E-state index >= 15 is 0 Å². The summed E-state index contributed by atoms with van der Waals surface area (Å²) in [5, 5.41) is 6.75. The van der Waals surface area contributed by atoms with Crippen LogP contribution in [0.1, 0.15) is 30.4 Å². The van der Waals surface area contributed by atoms with Crippen molar-refractivity contribution in [1.82, 2.24) is 20.2 Å². The lowest BCUT2D eigenvalue weighted by Crippen LogP contribution is -2.37. The van der Waals surface area contributed by atoms with Gasteiger partial charge in [-0.25, -0.2) is 4.98 Å². The number of imidazole rings is 1. The Kier molecular flexibility index (Phi) is 11.1. The van der Waals surface area contributed by atoms with Crippen LogP contribution >= 0.6 is 24.0 Å². The van der Waals surface area contributed by atoms with Gasteiger partial charge in [-0.3, -0.25) is 4.99 Å². The molecule has 3 aromatic rings. The van der Waals surface area contributed by atoms with Crippen LogP contribution in [0.4, 0.5) is 0 Å². The highest BCUT2D eigenvalue weighted by Gasteiger charge is 2.13. The average Bonchev–Trinajstić information content (AvgIpc) is 3.27. The zero-order chi connectivity index (χ0) is 22.7. The molecule has 34 heavy (non-hydrogen) atoms. The fourth-order valence-corrected chi connectivity index (χ4v) is 4.05. The zero-order valence-electron chi connectivity index (χ0n) is 19.9. The van der Waals surface area contributed by atoms with Gasteiger partial charge in [-0.2, -0.15) is 0 Å². The predicted molar refractivity (Wildman–Crippen MR) is 148 cm³/mol. The van der Waals surface area contributed by atoms with Crippen molar-refractivity contribution in [2.24, 2.45) is 10.9 Å². The number of hydrogen-bond donors (Lipinski definition) is 2. The van der Waals surface area contributed by atoms with Gasteiger partial charge in [-0.15, -0.1) is 24.0 Å². The number of benzene rings is 2. The molecule has 8 heteroatoms. The molecule has 184 valence electrons. The third-order valence-electron chi connectivity index (χ3n) is 6.04. The molecule has 1 aliphatic heterocycles. The summed E-state index contributed by atoms with van der Waals surface area (Å²) >= 11 is 0. The van der Waals surface area contributed by atoms with Crippen molar-refractivity contribution >= 4 is 41.0 Å². The van der Waals surface area contributed by atoms with Crippen molar-refractivity contribution in [3.8, 4) is 0 Å². The van der Waals surface area contributed by atoms with Crippen LogP contribution in [0, 0.1) is 5.92 Å². The lowest BCUT2D eigenvalue weighted by Gasteiger charge is -2.21. The van der Waals surface area contributed by atoms with Crippen LogP contribution in [-0.4, -0.2) is 55.5 Å². The summed E-state index contributed by atoms with van der Waals surface area (Å²) in [5.41, 5.74) is 4.66. The molecule has 2 aromatic carbocycles. The number of nitrogens with zero attached hydrogens (tertiary/aromatic N) is 3. The number of ether oxygens (including phenoxy) is 2. The van der Waals surface area contributed by atoms with Gasteiger partial charge in [0.2, 0.25) is 0 Å². The van der Waals surface area contributed by atoms with E-state index in [1.807, 2.05) is 18.5 Å². The normalized spacial score (nSPS) is 14.7. The van der Waals surface area contributed by atoms with Gasteiger partial charge in [0.05, 0.1) is 17.4 Å². The summed E-state index contributed by atoms with van der Waals surface area (Å²) in [4.78, 5) is 8.79. The quantitative estimate of drug-likeness (QED) is 0.164. The molecule has 1 fully saturated rings. The first kappa shape index (κ1) is 26.4. The number of aromatic nitrogens is 2. The van der Waals surface area contributed by atoms with Crippen LogP contribution in [0.15, 0.2) is 59.9 Å². The summed E-state index contributed by atoms with van der Waals surface area (Å²) in [5.74, 6) is 1.47. The first-order valence-electron chi connectivity index (χ1n) is 11.9. The Morgan fingerprint density at radius 3 is 2.65 bits per heavy atom. The van der Waals surface area contributed by atoms with E-state index in [4.69, 9.17) is 9.47 Å². The molecule has 0 spiro atoms. The third-order valence-corrected chi connectivity index (χ3v) is 6.04. The van der Waals surface area contributed by atoms with E-state index in [9.17, 15) is 0 Å². The number of rotatable bonds is 10. The minimum absolute atomic E-state index is 0. The Labute approximate surface area is 219 Å². The monoisotopic (exact) mass is 577 g/mol. The highest BCUT2D eigenvalue weighted by Crippen LogP contribution is 2.15. The maximum absolute atomic E-state index is 5.83. The number of halogens is 1. The number of guanidine groups is 1. The van der Waals surface area contributed by atoms with Gasteiger partial charge in [0, 0.05) is 53.1 Å². The molecule has 0 unspecified atom stereocenters. The molecule has 0 bridgehead atoms. The van der Waals surface area contributed by atoms with Crippen LogP contribution in [0.3, 0.4) is 0 Å². The maximum Gasteiger partial charge on any atom is 0.191 e. The molecule has 2 heterocycles. The third kappa shape index (κ3) is 7.95. The Morgan fingerprint density at radius 2 is 1.85 bits per heavy atom. The number of aliphatic imine (C=N–C) groups is 1. The van der Waals surface area contributed by atoms with Gasteiger partial charge in [0.1, 0.15) is 0 Å². The highest BCUT2D eigenvalue weighted by molar-refractivity contribution is 14.0. The van der Waals surface area contributed by atoms with Crippen LogP contribution in [0.25, 0.3) is 11.0 Å². The van der Waals surface area contributed by atoms with Gasteiger partial charge in [-0.05, 0) is 48.4 Å². The van der Waals surface area contributed by atoms with E-state index in [1.165, 1.54) is 11.1 Å². The van der Waals surface area contributed by atoms with Gasteiger partial charge in [-0.1, -0.05) is 36.4 Å². The molecule has 0 radical (unpaired) electrons. The molecule has 0 atom stereocenters. The zero-order valence-corrected chi connectivity index (χ0v) is 22.2. The van der Waals surface area contributed by atoms with E-state index in [0.29, 0.717) is 5.92 Å². The van der Waals surface area contributed by atoms with Crippen molar-refractivity contribution in [2.45, 2.75) is 32.4 Å². The van der Waals surface area contributed by atoms with Crippen molar-refractivity contribution < 1.29 is 9.47 Å². The van der Waals surface area contributed by atoms with E-state index < -0.39 is 0 Å². The molecule has 1 aliphatic rings. The van der Waals surface area contributed by atoms with Gasteiger partial charge in [0.25, 0.3) is 0 Å². The topological polar surface area (TPSA) is 72.7 Å². The Morgan fingerprint density at radius 1 is 1.09 bits per heavy atom. The minimum atomic E-state index is 0. The van der Waals surface area contributed by atoms with Crippen LogP contribution < -0.4 is 10.6 Å². The molecular weight excluding hydrogens is 541 g/mol. The lowest BCUT2D eigenvalue weighted by molar-refractivity contribution is 0.0203. The van der Waals surface area contributed by atoms with E-state index in [-0.39, 0.29) is 24.0 Å². The second-order valence-corrected chi connectivity index (χ2v) is 8.51. The second-order valence-electron chi connectivity index (χ2n) is 8.51. The first-order chi connectivity index (χ1) is 16.3. The molecule has 0 amide bonds. The minimum Gasteiger partial charge on any atom is -0.381 e. The molecular formula is C26H36IN5O2. The summed E-state index contributed by atoms with van der Waals surface area (Å²) in [6, 6.07) is 16.9. The molecule has 7 nitrogen and oxygen atoms in total. The summed E-state index contributed by atoms with van der Waals surface area (Å²) < 4.78 is 13.4. The highest BCUT2D eigenvalue weighted by atomic mass is 127. The Bertz CT molecular complexity index is 1020. The standard InChI is InChI=1S/C26H35N5O2.HI/c1-27-26(28-13-4-14-33-19-23-11-15-32-16-12-23)29-17-21-7-9-22(10-8-21)18-31-20-30-24-5-2-3-6-25(24)31;/h2-3,5-10,20,23H,4,11-19H2,1H3,(H2,27,28,29);1H. The van der Waals surface area contributed by atoms with Crippen molar-refractivity contribution in [3.05, 3.63) is 66.0 Å². The molecule has 2 N–H and O–H groups in total. The summed E-state index contributed by atoms with van der Waals surface area (Å²) in [7, 11) is 1.80. The van der Waals surface area contributed by atoms with Crippen molar-refractivity contribution in [1.29, 1.82) is 0 Å². The van der Waals surface area contributed by atoms with E-state index in [0.717, 1.165) is 82.3 Å². The molecule has 0 aliphatic carbocycles. The number of nitrogens with one attached hydrogen (secondary N) is 2. The smallest absolute Gasteiger partial charge is 0.191 e. The Balaban J connectivity index is 0.00000324.